The molecule has 1 aliphatic rings. The highest BCUT2D eigenvalue weighted by Gasteiger charge is 2.28. The minimum atomic E-state index is -0.511. The van der Waals surface area contributed by atoms with Gasteiger partial charge < -0.3 is 5.32 Å². The number of aromatic nitrogens is 3. The molecule has 2 aromatic rings. The molecule has 1 fully saturated rings. The van der Waals surface area contributed by atoms with E-state index in [2.05, 4.69) is 20.5 Å². The number of carbonyl (C=O) groups excluding carboxylic acids is 1. The topological polar surface area (TPSA) is 70.7 Å². The first-order chi connectivity index (χ1) is 8.74. The van der Waals surface area contributed by atoms with Crippen molar-refractivity contribution in [2.24, 2.45) is 0 Å². The Balaban J connectivity index is 1.76. The number of amides is 1. The van der Waals surface area contributed by atoms with Gasteiger partial charge >= 0.3 is 0 Å². The molecule has 1 amide bonds. The summed E-state index contributed by atoms with van der Waals surface area (Å²) in [7, 11) is 0. The van der Waals surface area contributed by atoms with E-state index in [1.807, 2.05) is 0 Å². The number of aromatic amines is 1. The van der Waals surface area contributed by atoms with Crippen LogP contribution in [0.1, 0.15) is 35.2 Å². The van der Waals surface area contributed by atoms with Crippen molar-refractivity contribution in [3.8, 4) is 0 Å². The van der Waals surface area contributed by atoms with Crippen LogP contribution in [-0.2, 0) is 0 Å². The van der Waals surface area contributed by atoms with Crippen LogP contribution in [0.2, 0.25) is 0 Å². The molecule has 0 saturated heterocycles. The lowest BCUT2D eigenvalue weighted by Crippen LogP contribution is -2.14. The zero-order chi connectivity index (χ0) is 12.5. The summed E-state index contributed by atoms with van der Waals surface area (Å²) in [6, 6.07) is 5.97. The van der Waals surface area contributed by atoms with Crippen LogP contribution in [0.15, 0.2) is 24.3 Å². The molecule has 2 N–H and O–H groups in total. The summed E-state index contributed by atoms with van der Waals surface area (Å²) in [4.78, 5) is 15.9. The Morgan fingerprint density at radius 1 is 1.39 bits per heavy atom. The molecule has 0 bridgehead atoms. The SMILES string of the molecule is O=C(Nc1ccccc1F)c1n[nH]c(C2CC2)n1. The lowest BCUT2D eigenvalue weighted by molar-refractivity contribution is 0.101. The van der Waals surface area contributed by atoms with Crippen LogP contribution in [0.5, 0.6) is 0 Å². The number of benzene rings is 1. The molecule has 1 saturated carbocycles. The highest BCUT2D eigenvalue weighted by atomic mass is 19.1. The normalized spacial score (nSPS) is 14.5. The van der Waals surface area contributed by atoms with E-state index in [1.165, 1.54) is 12.1 Å². The maximum Gasteiger partial charge on any atom is 0.295 e. The van der Waals surface area contributed by atoms with E-state index in [9.17, 15) is 9.18 Å². The first-order valence-electron chi connectivity index (χ1n) is 5.72. The van der Waals surface area contributed by atoms with Crippen LogP contribution in [0.25, 0.3) is 0 Å². The van der Waals surface area contributed by atoms with Crippen molar-refractivity contribution < 1.29 is 9.18 Å². The largest absolute Gasteiger partial charge is 0.317 e. The first kappa shape index (κ1) is 10.9. The molecule has 0 unspecified atom stereocenters. The molecular formula is C12H11FN4O. The van der Waals surface area contributed by atoms with E-state index < -0.39 is 11.7 Å². The van der Waals surface area contributed by atoms with Crippen molar-refractivity contribution in [3.63, 3.8) is 0 Å². The van der Waals surface area contributed by atoms with Gasteiger partial charge in [-0.3, -0.25) is 9.89 Å². The van der Waals surface area contributed by atoms with Crippen LogP contribution in [0.4, 0.5) is 10.1 Å². The monoisotopic (exact) mass is 246 g/mol. The van der Waals surface area contributed by atoms with Crippen molar-refractivity contribution in [2.45, 2.75) is 18.8 Å². The zero-order valence-corrected chi connectivity index (χ0v) is 9.48. The quantitative estimate of drug-likeness (QED) is 0.870. The number of hydrogen-bond donors (Lipinski definition) is 2. The van der Waals surface area contributed by atoms with Crippen molar-refractivity contribution >= 4 is 11.6 Å². The molecule has 1 aromatic heterocycles. The van der Waals surface area contributed by atoms with Crippen molar-refractivity contribution in [1.29, 1.82) is 0 Å². The number of nitrogens with one attached hydrogen (secondary N) is 2. The lowest BCUT2D eigenvalue weighted by atomic mass is 10.3. The molecule has 0 radical (unpaired) electrons. The molecule has 0 aliphatic heterocycles. The summed E-state index contributed by atoms with van der Waals surface area (Å²) in [5.74, 6) is 0.174. The Morgan fingerprint density at radius 3 is 2.89 bits per heavy atom. The van der Waals surface area contributed by atoms with Gasteiger partial charge in [0.2, 0.25) is 5.82 Å². The molecule has 1 aromatic carbocycles. The molecule has 0 atom stereocenters. The summed E-state index contributed by atoms with van der Waals surface area (Å²) in [5.41, 5.74) is 0.125. The van der Waals surface area contributed by atoms with Crippen molar-refractivity contribution in [3.05, 3.63) is 41.7 Å². The number of carbonyl (C=O) groups is 1. The average Bonchev–Trinajstić information content (AvgIpc) is 3.10. The van der Waals surface area contributed by atoms with Gasteiger partial charge in [-0.25, -0.2) is 9.37 Å². The van der Waals surface area contributed by atoms with Gasteiger partial charge in [-0.05, 0) is 25.0 Å². The maximum absolute atomic E-state index is 13.3. The first-order valence-corrected chi connectivity index (χ1v) is 5.72. The Morgan fingerprint density at radius 2 is 2.17 bits per heavy atom. The van der Waals surface area contributed by atoms with Gasteiger partial charge in [0.05, 0.1) is 5.69 Å². The van der Waals surface area contributed by atoms with E-state index in [4.69, 9.17) is 0 Å². The highest BCUT2D eigenvalue weighted by Crippen LogP contribution is 2.37. The Bertz CT molecular complexity index is 591. The fourth-order valence-corrected chi connectivity index (χ4v) is 1.66. The number of para-hydroxylation sites is 1. The molecule has 6 heteroatoms. The van der Waals surface area contributed by atoms with Crippen molar-refractivity contribution in [2.75, 3.05) is 5.32 Å². The average molecular weight is 246 g/mol. The second kappa shape index (κ2) is 4.21. The van der Waals surface area contributed by atoms with Gasteiger partial charge in [-0.15, -0.1) is 5.10 Å². The molecule has 18 heavy (non-hydrogen) atoms. The number of halogens is 1. The van der Waals surface area contributed by atoms with E-state index in [0.29, 0.717) is 5.92 Å². The van der Waals surface area contributed by atoms with Gasteiger partial charge in [0.15, 0.2) is 0 Å². The molecular weight excluding hydrogens is 235 g/mol. The third-order valence-electron chi connectivity index (χ3n) is 2.79. The Labute approximate surface area is 102 Å². The Hall–Kier alpha value is -2.24. The summed E-state index contributed by atoms with van der Waals surface area (Å²) in [6.07, 6.45) is 2.15. The van der Waals surface area contributed by atoms with Gasteiger partial charge in [-0.1, -0.05) is 12.1 Å². The number of rotatable bonds is 3. The van der Waals surface area contributed by atoms with Crippen molar-refractivity contribution in [1.82, 2.24) is 15.2 Å². The van der Waals surface area contributed by atoms with E-state index in [1.54, 1.807) is 12.1 Å². The molecule has 1 aliphatic carbocycles. The van der Waals surface area contributed by atoms with Gasteiger partial charge in [0, 0.05) is 5.92 Å². The number of anilines is 1. The van der Waals surface area contributed by atoms with E-state index >= 15 is 0 Å². The number of H-pyrrole nitrogens is 1. The predicted octanol–water partition coefficient (Wildman–Crippen LogP) is 2.07. The highest BCUT2D eigenvalue weighted by molar-refractivity contribution is 6.01. The van der Waals surface area contributed by atoms with Crippen LogP contribution in [0, 0.1) is 5.82 Å². The van der Waals surface area contributed by atoms with Gasteiger partial charge in [-0.2, -0.15) is 0 Å². The maximum atomic E-state index is 13.3. The Kier molecular flexibility index (Phi) is 2.55. The molecule has 1 heterocycles. The summed E-state index contributed by atoms with van der Waals surface area (Å²) in [6.45, 7) is 0. The third-order valence-corrected chi connectivity index (χ3v) is 2.79. The zero-order valence-electron chi connectivity index (χ0n) is 9.48. The summed E-state index contributed by atoms with van der Waals surface area (Å²) < 4.78 is 13.3. The number of hydrogen-bond acceptors (Lipinski definition) is 3. The van der Waals surface area contributed by atoms with Crippen LogP contribution in [0.3, 0.4) is 0 Å². The standard InChI is InChI=1S/C12H11FN4O/c13-8-3-1-2-4-9(8)14-12(18)11-15-10(16-17-11)7-5-6-7/h1-4,7H,5-6H2,(H,14,18)(H,15,16,17). The lowest BCUT2D eigenvalue weighted by Gasteiger charge is -2.02. The number of nitrogens with zero attached hydrogens (tertiary/aromatic N) is 2. The van der Waals surface area contributed by atoms with E-state index in [0.717, 1.165) is 18.7 Å². The molecule has 0 spiro atoms. The van der Waals surface area contributed by atoms with Crippen LogP contribution in [-0.4, -0.2) is 21.1 Å². The van der Waals surface area contributed by atoms with Gasteiger partial charge in [0.1, 0.15) is 11.6 Å². The second-order valence-electron chi connectivity index (χ2n) is 4.25. The minimum Gasteiger partial charge on any atom is -0.317 e. The molecule has 92 valence electrons. The summed E-state index contributed by atoms with van der Waals surface area (Å²) in [5, 5.41) is 9.01. The summed E-state index contributed by atoms with van der Waals surface area (Å²) >= 11 is 0. The third kappa shape index (κ3) is 2.09. The van der Waals surface area contributed by atoms with E-state index in [-0.39, 0.29) is 11.5 Å². The smallest absolute Gasteiger partial charge is 0.295 e. The van der Waals surface area contributed by atoms with Crippen LogP contribution >= 0.6 is 0 Å². The second-order valence-corrected chi connectivity index (χ2v) is 4.25. The minimum absolute atomic E-state index is 0.0418. The fraction of sp³-hybridized carbons (Fsp3) is 0.250. The molecule has 3 rings (SSSR count). The predicted molar refractivity (Wildman–Crippen MR) is 62.7 cm³/mol. The van der Waals surface area contributed by atoms with Gasteiger partial charge in [0.25, 0.3) is 5.91 Å². The fourth-order valence-electron chi connectivity index (χ4n) is 1.66. The molecule has 5 nitrogen and oxygen atoms in total. The van der Waals surface area contributed by atoms with Crippen LogP contribution < -0.4 is 5.32 Å².